The molecular formula is C17H17NO5S. The van der Waals surface area contributed by atoms with E-state index in [1.165, 1.54) is 25.1 Å². The van der Waals surface area contributed by atoms with Gasteiger partial charge < -0.3 is 9.84 Å². The van der Waals surface area contributed by atoms with E-state index in [9.17, 15) is 13.5 Å². The summed E-state index contributed by atoms with van der Waals surface area (Å²) in [5.74, 6) is 0.130. The quantitative estimate of drug-likeness (QED) is 0.636. The fourth-order valence-electron chi connectivity index (χ4n) is 2.00. The predicted molar refractivity (Wildman–Crippen MR) is 86.7 cm³/mol. The van der Waals surface area contributed by atoms with Crippen molar-refractivity contribution in [1.29, 1.82) is 5.26 Å². The van der Waals surface area contributed by atoms with E-state index in [1.54, 1.807) is 37.3 Å². The summed E-state index contributed by atoms with van der Waals surface area (Å²) in [6.45, 7) is 2.98. The minimum absolute atomic E-state index is 0.00665. The summed E-state index contributed by atoms with van der Waals surface area (Å²) in [5.41, 5.74) is 0.722. The number of hydrogen-bond donors (Lipinski definition) is 1. The summed E-state index contributed by atoms with van der Waals surface area (Å²) in [6.07, 6.45) is -2.72. The van der Waals surface area contributed by atoms with Crippen LogP contribution in [0.1, 0.15) is 18.1 Å². The second-order valence-electron chi connectivity index (χ2n) is 5.15. The molecule has 0 aromatic heterocycles. The van der Waals surface area contributed by atoms with E-state index in [-0.39, 0.29) is 16.2 Å². The zero-order chi connectivity index (χ0) is 17.7. The summed E-state index contributed by atoms with van der Waals surface area (Å²) in [7, 11) is -4.14. The average molecular weight is 347 g/mol. The van der Waals surface area contributed by atoms with Crippen LogP contribution in [0.25, 0.3) is 0 Å². The van der Waals surface area contributed by atoms with Gasteiger partial charge in [-0.2, -0.15) is 13.7 Å². The highest BCUT2D eigenvalue weighted by atomic mass is 32.2. The Kier molecular flexibility index (Phi) is 5.57. The van der Waals surface area contributed by atoms with Crippen LogP contribution in [-0.2, 0) is 14.3 Å². The molecule has 0 saturated carbocycles. The molecule has 7 heteroatoms. The molecule has 0 aliphatic carbocycles. The molecule has 0 aliphatic heterocycles. The van der Waals surface area contributed by atoms with Crippen molar-refractivity contribution in [2.24, 2.45) is 0 Å². The number of aryl methyl sites for hydroxylation is 1. The molecule has 0 aliphatic rings. The molecule has 0 saturated heterocycles. The summed E-state index contributed by atoms with van der Waals surface area (Å²) in [5, 5.41) is 18.9. The van der Waals surface area contributed by atoms with Gasteiger partial charge in [0.25, 0.3) is 0 Å². The lowest BCUT2D eigenvalue weighted by atomic mass is 10.2. The van der Waals surface area contributed by atoms with Gasteiger partial charge in [0.1, 0.15) is 17.9 Å². The van der Waals surface area contributed by atoms with Crippen LogP contribution < -0.4 is 4.74 Å². The summed E-state index contributed by atoms with van der Waals surface area (Å²) in [4.78, 5) is -0.00665. The molecule has 0 radical (unpaired) electrons. The smallest absolute Gasteiger partial charge is 0.300 e. The minimum atomic E-state index is -4.14. The van der Waals surface area contributed by atoms with Gasteiger partial charge in [-0.05, 0) is 37.6 Å². The summed E-state index contributed by atoms with van der Waals surface area (Å²) >= 11 is 0. The van der Waals surface area contributed by atoms with Crippen LogP contribution in [0.2, 0.25) is 0 Å². The van der Waals surface area contributed by atoms with Crippen LogP contribution in [0.3, 0.4) is 0 Å². The third kappa shape index (κ3) is 4.11. The van der Waals surface area contributed by atoms with Crippen LogP contribution >= 0.6 is 0 Å². The molecule has 2 rings (SSSR count). The topological polar surface area (TPSA) is 96.6 Å². The Morgan fingerprint density at radius 3 is 2.38 bits per heavy atom. The maximum Gasteiger partial charge on any atom is 0.300 e. The van der Waals surface area contributed by atoms with E-state index in [4.69, 9.17) is 14.2 Å². The van der Waals surface area contributed by atoms with E-state index >= 15 is 0 Å². The number of nitriles is 1. The zero-order valence-corrected chi connectivity index (χ0v) is 14.0. The Morgan fingerprint density at radius 1 is 1.12 bits per heavy atom. The van der Waals surface area contributed by atoms with Crippen molar-refractivity contribution in [1.82, 2.24) is 0 Å². The molecule has 24 heavy (non-hydrogen) atoms. The Bertz CT molecular complexity index is 855. The Hall–Kier alpha value is -2.40. The molecule has 2 aromatic carbocycles. The highest BCUT2D eigenvalue weighted by Gasteiger charge is 2.28. The molecule has 2 atom stereocenters. The third-order valence-electron chi connectivity index (χ3n) is 3.23. The van der Waals surface area contributed by atoms with Gasteiger partial charge in [0.2, 0.25) is 6.29 Å². The molecule has 1 N–H and O–H groups in total. The van der Waals surface area contributed by atoms with Crippen molar-refractivity contribution in [2.75, 3.05) is 0 Å². The predicted octanol–water partition coefficient (Wildman–Crippen LogP) is 2.36. The first-order chi connectivity index (χ1) is 11.3. The molecule has 0 bridgehead atoms. The van der Waals surface area contributed by atoms with Gasteiger partial charge in [0.15, 0.2) is 0 Å². The maximum absolute atomic E-state index is 12.4. The van der Waals surface area contributed by atoms with Gasteiger partial charge in [0, 0.05) is 0 Å². The third-order valence-corrected chi connectivity index (χ3v) is 4.67. The highest BCUT2D eigenvalue weighted by Crippen LogP contribution is 2.23. The summed E-state index contributed by atoms with van der Waals surface area (Å²) < 4.78 is 35.3. The Balaban J connectivity index is 2.30. The van der Waals surface area contributed by atoms with Gasteiger partial charge in [-0.15, -0.1) is 0 Å². The van der Waals surface area contributed by atoms with Crippen molar-refractivity contribution < 1.29 is 22.4 Å². The van der Waals surface area contributed by atoms with Gasteiger partial charge >= 0.3 is 10.1 Å². The normalized spacial score (nSPS) is 13.8. The summed E-state index contributed by atoms with van der Waals surface area (Å²) in [6, 6.07) is 14.6. The number of benzene rings is 2. The van der Waals surface area contributed by atoms with Crippen molar-refractivity contribution >= 4 is 10.1 Å². The first-order valence-electron chi connectivity index (χ1n) is 7.18. The van der Waals surface area contributed by atoms with E-state index in [2.05, 4.69) is 0 Å². The number of rotatable bonds is 6. The van der Waals surface area contributed by atoms with Crippen LogP contribution in [0.5, 0.6) is 5.75 Å². The van der Waals surface area contributed by atoms with Crippen LogP contribution in [0.4, 0.5) is 0 Å². The SMILES string of the molecule is Cc1ccccc1S(=O)(=O)OC(Oc1ccccc1C#N)C(C)O. The second-order valence-corrected chi connectivity index (χ2v) is 6.69. The van der Waals surface area contributed by atoms with Gasteiger partial charge in [-0.25, -0.2) is 4.18 Å². The molecule has 2 unspecified atom stereocenters. The van der Waals surface area contributed by atoms with Crippen LogP contribution in [-0.4, -0.2) is 25.9 Å². The molecule has 0 spiro atoms. The largest absolute Gasteiger partial charge is 0.459 e. The lowest BCUT2D eigenvalue weighted by Crippen LogP contribution is -2.34. The lowest BCUT2D eigenvalue weighted by molar-refractivity contribution is -0.0742. The molecule has 0 fully saturated rings. The zero-order valence-electron chi connectivity index (χ0n) is 13.2. The number of hydrogen-bond acceptors (Lipinski definition) is 6. The molecule has 2 aromatic rings. The first-order valence-corrected chi connectivity index (χ1v) is 8.59. The highest BCUT2D eigenvalue weighted by molar-refractivity contribution is 7.86. The molecule has 0 amide bonds. The molecule has 126 valence electrons. The van der Waals surface area contributed by atoms with E-state index in [0.717, 1.165) is 0 Å². The van der Waals surface area contributed by atoms with Crippen molar-refractivity contribution in [3.8, 4) is 11.8 Å². The number of nitrogens with zero attached hydrogens (tertiary/aromatic N) is 1. The van der Waals surface area contributed by atoms with E-state index < -0.39 is 22.5 Å². The lowest BCUT2D eigenvalue weighted by Gasteiger charge is -2.22. The Labute approximate surface area is 141 Å². The van der Waals surface area contributed by atoms with Crippen molar-refractivity contribution in [2.45, 2.75) is 31.1 Å². The fourth-order valence-corrected chi connectivity index (χ4v) is 3.26. The second kappa shape index (κ2) is 7.45. The molecular weight excluding hydrogens is 330 g/mol. The van der Waals surface area contributed by atoms with Crippen molar-refractivity contribution in [3.05, 3.63) is 59.7 Å². The molecule has 6 nitrogen and oxygen atoms in total. The minimum Gasteiger partial charge on any atom is -0.459 e. The monoisotopic (exact) mass is 347 g/mol. The number of aliphatic hydroxyl groups is 1. The number of para-hydroxylation sites is 1. The van der Waals surface area contributed by atoms with Crippen molar-refractivity contribution in [3.63, 3.8) is 0 Å². The van der Waals surface area contributed by atoms with Crippen LogP contribution in [0.15, 0.2) is 53.4 Å². The average Bonchev–Trinajstić information content (AvgIpc) is 2.54. The molecule has 0 heterocycles. The fraction of sp³-hybridized carbons (Fsp3) is 0.235. The number of aliphatic hydroxyl groups excluding tert-OH is 1. The van der Waals surface area contributed by atoms with E-state index in [1.807, 2.05) is 6.07 Å². The van der Waals surface area contributed by atoms with Crippen LogP contribution in [0, 0.1) is 18.3 Å². The number of ether oxygens (including phenoxy) is 1. The Morgan fingerprint density at radius 2 is 1.75 bits per heavy atom. The standard InChI is InChI=1S/C17H17NO5S/c1-12-7-3-6-10-16(12)24(20,21)23-17(13(2)19)22-15-9-5-4-8-14(15)11-18/h3-10,13,17,19H,1-2H3. The first kappa shape index (κ1) is 17.9. The maximum atomic E-state index is 12.4. The van der Waals surface area contributed by atoms with Gasteiger partial charge in [-0.3, -0.25) is 0 Å². The van der Waals surface area contributed by atoms with Gasteiger partial charge in [0.05, 0.1) is 10.5 Å². The van der Waals surface area contributed by atoms with E-state index in [0.29, 0.717) is 5.56 Å². The van der Waals surface area contributed by atoms with Gasteiger partial charge in [-0.1, -0.05) is 30.3 Å².